The second kappa shape index (κ2) is 9.02. The van der Waals surface area contributed by atoms with Crippen LogP contribution in [-0.2, 0) is 0 Å². The molecule has 1 unspecified atom stereocenters. The lowest BCUT2D eigenvalue weighted by molar-refractivity contribution is 0.141. The molecule has 0 amide bonds. The average molecular weight is 443 g/mol. The highest BCUT2D eigenvalue weighted by molar-refractivity contribution is 7.17. The Morgan fingerprint density at radius 2 is 1.90 bits per heavy atom. The minimum atomic E-state index is -0.580. The fourth-order valence-electron chi connectivity index (χ4n) is 4.38. The van der Waals surface area contributed by atoms with Gasteiger partial charge < -0.3 is 19.5 Å². The van der Waals surface area contributed by atoms with E-state index in [1.807, 2.05) is 17.5 Å². The third-order valence-corrected chi connectivity index (χ3v) is 7.09. The first kappa shape index (κ1) is 20.5. The molecule has 1 saturated heterocycles. The van der Waals surface area contributed by atoms with Crippen LogP contribution in [0.3, 0.4) is 0 Å². The molecular formula is C24H27FN2O3S. The molecule has 5 rings (SSSR count). The lowest BCUT2D eigenvalue weighted by atomic mass is 10.0. The number of ether oxygens (including phenoxy) is 2. The van der Waals surface area contributed by atoms with Gasteiger partial charge >= 0.3 is 0 Å². The molecule has 0 aliphatic carbocycles. The minimum Gasteiger partial charge on any atom is -0.489 e. The van der Waals surface area contributed by atoms with Gasteiger partial charge in [-0.2, -0.15) is 0 Å². The number of nitrogens with zero attached hydrogens (tertiary/aromatic N) is 2. The van der Waals surface area contributed by atoms with Crippen molar-refractivity contribution in [2.24, 2.45) is 0 Å². The van der Waals surface area contributed by atoms with Crippen LogP contribution in [0.4, 0.5) is 10.1 Å². The van der Waals surface area contributed by atoms with Crippen LogP contribution in [0.2, 0.25) is 0 Å². The van der Waals surface area contributed by atoms with Gasteiger partial charge in [-0.15, -0.1) is 11.3 Å². The fourth-order valence-corrected chi connectivity index (χ4v) is 5.37. The molecule has 0 bridgehead atoms. The number of hydrogen-bond acceptors (Lipinski definition) is 6. The van der Waals surface area contributed by atoms with Crippen LogP contribution in [-0.4, -0.2) is 55.9 Å². The van der Waals surface area contributed by atoms with Crippen LogP contribution in [0.1, 0.15) is 24.5 Å². The molecule has 0 radical (unpaired) electrons. The third kappa shape index (κ3) is 4.35. The maximum Gasteiger partial charge on any atom is 0.184 e. The molecule has 2 aromatic carbocycles. The average Bonchev–Trinajstić information content (AvgIpc) is 3.05. The number of benzene rings is 2. The SMILES string of the molecule is OC(CCN1CCN(c2cccc3c2OCCCO3)CC1)c1csc2ccc(F)cc12. The van der Waals surface area contributed by atoms with Gasteiger partial charge in [0, 0.05) is 49.2 Å². The molecule has 1 fully saturated rings. The van der Waals surface area contributed by atoms with E-state index in [1.54, 1.807) is 17.4 Å². The number of anilines is 1. The Balaban J connectivity index is 1.18. The van der Waals surface area contributed by atoms with Crippen molar-refractivity contribution in [3.05, 3.63) is 53.2 Å². The van der Waals surface area contributed by atoms with Gasteiger partial charge in [0.05, 0.1) is 25.0 Å². The lowest BCUT2D eigenvalue weighted by Gasteiger charge is -2.37. The van der Waals surface area contributed by atoms with E-state index in [0.29, 0.717) is 19.6 Å². The highest BCUT2D eigenvalue weighted by Gasteiger charge is 2.24. The van der Waals surface area contributed by atoms with Gasteiger partial charge in [-0.25, -0.2) is 4.39 Å². The molecule has 1 N–H and O–H groups in total. The van der Waals surface area contributed by atoms with Gasteiger partial charge in [0.1, 0.15) is 5.82 Å². The maximum absolute atomic E-state index is 13.6. The summed E-state index contributed by atoms with van der Waals surface area (Å²) in [5, 5.41) is 13.5. The van der Waals surface area contributed by atoms with E-state index >= 15 is 0 Å². The monoisotopic (exact) mass is 442 g/mol. The van der Waals surface area contributed by atoms with Gasteiger partial charge in [0.2, 0.25) is 0 Å². The van der Waals surface area contributed by atoms with Crippen molar-refractivity contribution in [2.45, 2.75) is 18.9 Å². The Labute approximate surface area is 185 Å². The van der Waals surface area contributed by atoms with E-state index in [0.717, 1.165) is 72.0 Å². The van der Waals surface area contributed by atoms with Crippen molar-refractivity contribution in [3.8, 4) is 11.5 Å². The Hall–Kier alpha value is -2.35. The van der Waals surface area contributed by atoms with E-state index in [2.05, 4.69) is 15.9 Å². The van der Waals surface area contributed by atoms with E-state index in [4.69, 9.17) is 9.47 Å². The van der Waals surface area contributed by atoms with E-state index in [-0.39, 0.29) is 5.82 Å². The lowest BCUT2D eigenvalue weighted by Crippen LogP contribution is -2.47. The summed E-state index contributed by atoms with van der Waals surface area (Å²) >= 11 is 1.55. The number of hydrogen-bond donors (Lipinski definition) is 1. The van der Waals surface area contributed by atoms with Crippen molar-refractivity contribution in [1.82, 2.24) is 4.90 Å². The Kier molecular flexibility index (Phi) is 5.98. The minimum absolute atomic E-state index is 0.261. The molecule has 164 valence electrons. The van der Waals surface area contributed by atoms with E-state index < -0.39 is 6.10 Å². The molecule has 5 nitrogen and oxygen atoms in total. The van der Waals surface area contributed by atoms with Crippen molar-refractivity contribution in [3.63, 3.8) is 0 Å². The normalized spacial score (nSPS) is 18.2. The van der Waals surface area contributed by atoms with Crippen molar-refractivity contribution >= 4 is 27.1 Å². The molecule has 1 atom stereocenters. The van der Waals surface area contributed by atoms with Crippen molar-refractivity contribution < 1.29 is 19.0 Å². The van der Waals surface area contributed by atoms with Crippen LogP contribution < -0.4 is 14.4 Å². The Bertz CT molecular complexity index is 1050. The molecule has 31 heavy (non-hydrogen) atoms. The summed E-state index contributed by atoms with van der Waals surface area (Å²) in [4.78, 5) is 4.74. The predicted octanol–water partition coefficient (Wildman–Crippen LogP) is 4.45. The molecule has 7 heteroatoms. The molecule has 3 heterocycles. The maximum atomic E-state index is 13.6. The summed E-state index contributed by atoms with van der Waals surface area (Å²) in [6.45, 7) is 5.85. The van der Waals surface area contributed by atoms with Gasteiger partial charge in [-0.1, -0.05) is 6.07 Å². The fraction of sp³-hybridized carbons (Fsp3) is 0.417. The first-order chi connectivity index (χ1) is 15.2. The van der Waals surface area contributed by atoms with Crippen LogP contribution in [0.15, 0.2) is 41.8 Å². The quantitative estimate of drug-likeness (QED) is 0.633. The van der Waals surface area contributed by atoms with Crippen molar-refractivity contribution in [2.75, 3.05) is 50.8 Å². The summed E-state index contributed by atoms with van der Waals surface area (Å²) in [7, 11) is 0. The van der Waals surface area contributed by atoms with Crippen LogP contribution in [0.5, 0.6) is 11.5 Å². The zero-order valence-electron chi connectivity index (χ0n) is 17.4. The van der Waals surface area contributed by atoms with E-state index in [1.165, 1.54) is 12.1 Å². The molecule has 2 aliphatic rings. The molecule has 0 spiro atoms. The van der Waals surface area contributed by atoms with Crippen LogP contribution in [0.25, 0.3) is 10.1 Å². The molecule has 2 aliphatic heterocycles. The van der Waals surface area contributed by atoms with Gasteiger partial charge in [-0.05, 0) is 47.7 Å². The molecular weight excluding hydrogens is 415 g/mol. The van der Waals surface area contributed by atoms with Gasteiger partial charge in [0.25, 0.3) is 0 Å². The molecule has 1 aromatic heterocycles. The molecule has 0 saturated carbocycles. The number of rotatable bonds is 5. The number of piperazine rings is 1. The van der Waals surface area contributed by atoms with Crippen molar-refractivity contribution in [1.29, 1.82) is 0 Å². The first-order valence-electron chi connectivity index (χ1n) is 10.9. The van der Waals surface area contributed by atoms with Crippen LogP contribution in [0, 0.1) is 5.82 Å². The number of para-hydroxylation sites is 1. The van der Waals surface area contributed by atoms with Crippen LogP contribution >= 0.6 is 11.3 Å². The van der Waals surface area contributed by atoms with Gasteiger partial charge in [-0.3, -0.25) is 4.90 Å². The first-order valence-corrected chi connectivity index (χ1v) is 11.8. The Morgan fingerprint density at radius 3 is 2.77 bits per heavy atom. The summed E-state index contributed by atoms with van der Waals surface area (Å²) in [5.74, 6) is 1.43. The Morgan fingerprint density at radius 1 is 1.06 bits per heavy atom. The standard InChI is InChI=1S/C24H27FN2O3S/c25-17-5-6-23-18(15-17)19(16-31-23)21(28)7-8-26-9-11-27(12-10-26)20-3-1-4-22-24(20)30-14-2-13-29-22/h1,3-6,15-16,21,28H,2,7-14H2. The smallest absolute Gasteiger partial charge is 0.184 e. The number of fused-ring (bicyclic) bond motifs is 2. The zero-order chi connectivity index (χ0) is 21.2. The predicted molar refractivity (Wildman–Crippen MR) is 122 cm³/mol. The summed E-state index contributed by atoms with van der Waals surface area (Å²) < 4.78 is 26.5. The number of thiophene rings is 1. The highest BCUT2D eigenvalue weighted by atomic mass is 32.1. The largest absolute Gasteiger partial charge is 0.489 e. The summed E-state index contributed by atoms with van der Waals surface area (Å²) in [6, 6.07) is 10.9. The second-order valence-corrected chi connectivity index (χ2v) is 9.03. The van der Waals surface area contributed by atoms with E-state index in [9.17, 15) is 9.50 Å². The number of halogens is 1. The molecule has 3 aromatic rings. The summed E-state index contributed by atoms with van der Waals surface area (Å²) in [6.07, 6.45) is 0.958. The van der Waals surface area contributed by atoms with Gasteiger partial charge in [0.15, 0.2) is 11.5 Å². The zero-order valence-corrected chi connectivity index (χ0v) is 18.2. The second-order valence-electron chi connectivity index (χ2n) is 8.12. The highest BCUT2D eigenvalue weighted by Crippen LogP contribution is 2.39. The topological polar surface area (TPSA) is 45.2 Å². The number of aliphatic hydroxyl groups excluding tert-OH is 1. The third-order valence-electron chi connectivity index (χ3n) is 6.11. The summed E-state index contributed by atoms with van der Waals surface area (Å²) in [5.41, 5.74) is 1.94. The number of aliphatic hydroxyl groups is 1.